The number of aliphatic hydroxyl groups excluding tert-OH is 1. The maximum Gasteiger partial charge on any atom is 0.137 e. The van der Waals surface area contributed by atoms with Gasteiger partial charge in [0.05, 0.1) is 0 Å². The topological polar surface area (TPSA) is 38.1 Å². The number of hydrogen-bond donors (Lipinski definition) is 1. The second-order valence-electron chi connectivity index (χ2n) is 2.79. The molecule has 54 valence electrons. The van der Waals surface area contributed by atoms with Gasteiger partial charge in [0.15, 0.2) is 0 Å². The fourth-order valence-electron chi connectivity index (χ4n) is 1.50. The lowest BCUT2D eigenvalue weighted by Crippen LogP contribution is -1.95. The minimum atomic E-state index is -0.343. The third-order valence-electron chi connectivity index (χ3n) is 2.04. The highest BCUT2D eigenvalue weighted by molar-refractivity contribution is 5.04. The van der Waals surface area contributed by atoms with E-state index in [9.17, 15) is 5.11 Å². The summed E-state index contributed by atoms with van der Waals surface area (Å²) in [5, 5.41) is 9.36. The number of aromatic nitrogens is 2. The summed E-state index contributed by atoms with van der Waals surface area (Å²) in [6, 6.07) is 0.410. The van der Waals surface area contributed by atoms with Gasteiger partial charge in [0, 0.05) is 24.9 Å². The first-order chi connectivity index (χ1) is 4.79. The lowest BCUT2D eigenvalue weighted by Gasteiger charge is -2.01. The van der Waals surface area contributed by atoms with E-state index in [0.29, 0.717) is 6.04 Å². The molecule has 0 aliphatic carbocycles. The van der Waals surface area contributed by atoms with Crippen LogP contribution in [0.2, 0.25) is 0 Å². The Morgan fingerprint density at radius 1 is 1.80 bits per heavy atom. The zero-order valence-electron chi connectivity index (χ0n) is 5.86. The standard InChI is InChI=1S/C7H10N2O/c1-5-4-6(10)7-8-2-3-9(5)7/h2-3,5-6,10H,4H2,1H3/t5-,6-/m1/s1. The molecule has 1 N–H and O–H groups in total. The van der Waals surface area contributed by atoms with Crippen LogP contribution in [0.3, 0.4) is 0 Å². The van der Waals surface area contributed by atoms with Crippen LogP contribution in [-0.2, 0) is 0 Å². The maximum atomic E-state index is 9.36. The largest absolute Gasteiger partial charge is 0.385 e. The molecule has 0 radical (unpaired) electrons. The van der Waals surface area contributed by atoms with Crippen LogP contribution in [0.4, 0.5) is 0 Å². The molecule has 10 heavy (non-hydrogen) atoms. The first-order valence-electron chi connectivity index (χ1n) is 3.50. The fraction of sp³-hybridized carbons (Fsp3) is 0.571. The van der Waals surface area contributed by atoms with Gasteiger partial charge in [0.2, 0.25) is 0 Å². The Labute approximate surface area is 59.3 Å². The van der Waals surface area contributed by atoms with E-state index in [4.69, 9.17) is 0 Å². The molecule has 0 aromatic carbocycles. The number of fused-ring (bicyclic) bond motifs is 1. The zero-order valence-corrected chi connectivity index (χ0v) is 5.86. The average Bonchev–Trinajstić information content (AvgIpc) is 2.39. The van der Waals surface area contributed by atoms with Crippen molar-refractivity contribution in [3.05, 3.63) is 18.2 Å². The molecule has 2 atom stereocenters. The SMILES string of the molecule is C[C@@H]1C[C@@H](O)c2nccn21. The van der Waals surface area contributed by atoms with E-state index in [0.717, 1.165) is 12.2 Å². The number of hydrogen-bond acceptors (Lipinski definition) is 2. The number of rotatable bonds is 0. The van der Waals surface area contributed by atoms with Gasteiger partial charge >= 0.3 is 0 Å². The summed E-state index contributed by atoms with van der Waals surface area (Å²) in [5.74, 6) is 0.813. The molecule has 0 fully saturated rings. The molecule has 0 saturated carbocycles. The molecule has 0 bridgehead atoms. The second-order valence-corrected chi connectivity index (χ2v) is 2.79. The molecular formula is C7H10N2O. The van der Waals surface area contributed by atoms with Crippen molar-refractivity contribution >= 4 is 0 Å². The molecule has 0 amide bonds. The maximum absolute atomic E-state index is 9.36. The highest BCUT2D eigenvalue weighted by Gasteiger charge is 2.26. The van der Waals surface area contributed by atoms with Gasteiger partial charge in [-0.1, -0.05) is 0 Å². The highest BCUT2D eigenvalue weighted by Crippen LogP contribution is 2.31. The summed E-state index contributed by atoms with van der Waals surface area (Å²) in [6.07, 6.45) is 4.11. The van der Waals surface area contributed by atoms with Crippen molar-refractivity contribution < 1.29 is 5.11 Å². The smallest absolute Gasteiger partial charge is 0.137 e. The Kier molecular flexibility index (Phi) is 1.08. The molecular weight excluding hydrogens is 128 g/mol. The van der Waals surface area contributed by atoms with Gasteiger partial charge in [-0.3, -0.25) is 0 Å². The second kappa shape index (κ2) is 1.83. The number of aliphatic hydroxyl groups is 1. The number of imidazole rings is 1. The Hall–Kier alpha value is -0.830. The van der Waals surface area contributed by atoms with Crippen molar-refractivity contribution in [1.82, 2.24) is 9.55 Å². The molecule has 1 aromatic rings. The van der Waals surface area contributed by atoms with E-state index in [-0.39, 0.29) is 6.10 Å². The predicted octanol–water partition coefficient (Wildman–Crippen LogP) is 0.881. The Morgan fingerprint density at radius 3 is 3.30 bits per heavy atom. The lowest BCUT2D eigenvalue weighted by molar-refractivity contribution is 0.170. The van der Waals surface area contributed by atoms with Crippen LogP contribution in [0.15, 0.2) is 12.4 Å². The van der Waals surface area contributed by atoms with Crippen molar-refractivity contribution in [2.45, 2.75) is 25.5 Å². The van der Waals surface area contributed by atoms with Crippen LogP contribution < -0.4 is 0 Å². The van der Waals surface area contributed by atoms with Crippen LogP contribution in [-0.4, -0.2) is 14.7 Å². The molecule has 0 unspecified atom stereocenters. The third-order valence-corrected chi connectivity index (χ3v) is 2.04. The van der Waals surface area contributed by atoms with Gasteiger partial charge in [-0.25, -0.2) is 4.98 Å². The summed E-state index contributed by atoms with van der Waals surface area (Å²) < 4.78 is 2.02. The van der Waals surface area contributed by atoms with Crippen molar-refractivity contribution in [1.29, 1.82) is 0 Å². The fourth-order valence-corrected chi connectivity index (χ4v) is 1.50. The molecule has 3 heteroatoms. The quantitative estimate of drug-likeness (QED) is 0.578. The molecule has 1 aliphatic rings. The summed E-state index contributed by atoms with van der Waals surface area (Å²) >= 11 is 0. The summed E-state index contributed by atoms with van der Waals surface area (Å²) in [7, 11) is 0. The Bertz CT molecular complexity index is 221. The van der Waals surface area contributed by atoms with E-state index >= 15 is 0 Å². The monoisotopic (exact) mass is 138 g/mol. The minimum Gasteiger partial charge on any atom is -0.385 e. The number of nitrogens with zero attached hydrogens (tertiary/aromatic N) is 2. The van der Waals surface area contributed by atoms with Crippen LogP contribution in [0.1, 0.15) is 31.3 Å². The molecule has 1 aliphatic heterocycles. The first kappa shape index (κ1) is 5.92. The molecule has 2 heterocycles. The van der Waals surface area contributed by atoms with Crippen LogP contribution in [0.5, 0.6) is 0 Å². The van der Waals surface area contributed by atoms with Crippen LogP contribution in [0.25, 0.3) is 0 Å². The third kappa shape index (κ3) is 0.609. The van der Waals surface area contributed by atoms with Gasteiger partial charge in [-0.2, -0.15) is 0 Å². The van der Waals surface area contributed by atoms with Crippen LogP contribution in [0, 0.1) is 0 Å². The van der Waals surface area contributed by atoms with E-state index < -0.39 is 0 Å². The van der Waals surface area contributed by atoms with E-state index in [1.54, 1.807) is 6.20 Å². The first-order valence-corrected chi connectivity index (χ1v) is 3.50. The van der Waals surface area contributed by atoms with E-state index in [2.05, 4.69) is 11.9 Å². The van der Waals surface area contributed by atoms with Crippen molar-refractivity contribution in [2.75, 3.05) is 0 Å². The average molecular weight is 138 g/mol. The van der Waals surface area contributed by atoms with Crippen molar-refractivity contribution in [3.63, 3.8) is 0 Å². The van der Waals surface area contributed by atoms with Crippen LogP contribution >= 0.6 is 0 Å². The van der Waals surface area contributed by atoms with Crippen molar-refractivity contribution in [3.8, 4) is 0 Å². The normalized spacial score (nSPS) is 30.6. The minimum absolute atomic E-state index is 0.343. The van der Waals surface area contributed by atoms with Gasteiger partial charge in [0.1, 0.15) is 11.9 Å². The summed E-state index contributed by atoms with van der Waals surface area (Å²) in [6.45, 7) is 2.08. The Morgan fingerprint density at radius 2 is 2.60 bits per heavy atom. The van der Waals surface area contributed by atoms with E-state index in [1.807, 2.05) is 10.8 Å². The van der Waals surface area contributed by atoms with Gasteiger partial charge in [0.25, 0.3) is 0 Å². The molecule has 3 nitrogen and oxygen atoms in total. The Balaban J connectivity index is 2.48. The summed E-state index contributed by atoms with van der Waals surface area (Å²) in [4.78, 5) is 4.04. The van der Waals surface area contributed by atoms with Gasteiger partial charge in [-0.05, 0) is 6.92 Å². The van der Waals surface area contributed by atoms with Gasteiger partial charge < -0.3 is 9.67 Å². The molecule has 0 saturated heterocycles. The summed E-state index contributed by atoms with van der Waals surface area (Å²) in [5.41, 5.74) is 0. The van der Waals surface area contributed by atoms with E-state index in [1.165, 1.54) is 0 Å². The highest BCUT2D eigenvalue weighted by atomic mass is 16.3. The molecule has 1 aromatic heterocycles. The predicted molar refractivity (Wildman–Crippen MR) is 36.5 cm³/mol. The zero-order chi connectivity index (χ0) is 7.14. The molecule has 2 rings (SSSR count). The van der Waals surface area contributed by atoms with Gasteiger partial charge in [-0.15, -0.1) is 0 Å². The molecule has 0 spiro atoms. The van der Waals surface area contributed by atoms with Crippen molar-refractivity contribution in [2.24, 2.45) is 0 Å². The lowest BCUT2D eigenvalue weighted by atomic mass is 10.2.